The number of carbonyl (C=O) groups excluding carboxylic acids is 1. The summed E-state index contributed by atoms with van der Waals surface area (Å²) in [6.07, 6.45) is -11.3. The molecule has 0 fully saturated rings. The van der Waals surface area contributed by atoms with Crippen LogP contribution >= 0.6 is 11.8 Å². The van der Waals surface area contributed by atoms with Gasteiger partial charge in [-0.05, 0) is 17.9 Å². The smallest absolute Gasteiger partial charge is 0.460 e. The molecule has 0 radical (unpaired) electrons. The van der Waals surface area contributed by atoms with Crippen LogP contribution in [0.3, 0.4) is 0 Å². The molecule has 0 rings (SSSR count). The predicted molar refractivity (Wildman–Crippen MR) is 72.2 cm³/mol. The molecule has 0 aliphatic carbocycles. The third kappa shape index (κ3) is 5.03. The quantitative estimate of drug-likeness (QED) is 0.246. The zero-order valence-electron chi connectivity index (χ0n) is 15.0. The Hall–Kier alpha value is -1.37. The van der Waals surface area contributed by atoms with Crippen LogP contribution in [0.4, 0.5) is 74.6 Å². The van der Waals surface area contributed by atoms with Gasteiger partial charge in [0.2, 0.25) is 0 Å². The van der Waals surface area contributed by atoms with Crippen molar-refractivity contribution in [3.05, 3.63) is 0 Å². The number of carboxylic acid groups (broad SMARTS) is 1. The van der Waals surface area contributed by atoms with E-state index in [2.05, 4.69) is 0 Å². The van der Waals surface area contributed by atoms with Gasteiger partial charge in [-0.2, -0.15) is 86.4 Å². The fourth-order valence-electron chi connectivity index (χ4n) is 1.81. The SMILES string of the molecule is O=C([O-])CCSCCC(F)(F)C(F)(F)C(F)(F)C(F)(F)C(F)(F)C(F)(F)C(F)(F)C(F)(F)F. The molecular weight excluding hydrogens is 543 g/mol. The number of carbonyl (C=O) groups is 1. The van der Waals surface area contributed by atoms with Crippen molar-refractivity contribution in [2.45, 2.75) is 60.5 Å². The second-order valence-corrected chi connectivity index (χ2v) is 7.36. The summed E-state index contributed by atoms with van der Waals surface area (Å²) in [5, 5.41) is 10.0. The Morgan fingerprint density at radius 1 is 0.545 bits per heavy atom. The van der Waals surface area contributed by atoms with Crippen LogP contribution in [0.5, 0.6) is 0 Å². The second-order valence-electron chi connectivity index (χ2n) is 6.13. The predicted octanol–water partition coefficient (Wildman–Crippen LogP) is 5.26. The van der Waals surface area contributed by atoms with E-state index in [-0.39, 0.29) is 11.8 Å². The molecule has 0 saturated heterocycles. The summed E-state index contributed by atoms with van der Waals surface area (Å²) < 4.78 is 221. The van der Waals surface area contributed by atoms with E-state index >= 15 is 0 Å². The van der Waals surface area contributed by atoms with E-state index in [4.69, 9.17) is 0 Å². The van der Waals surface area contributed by atoms with Crippen LogP contribution in [0.25, 0.3) is 0 Å². The third-order valence-electron chi connectivity index (χ3n) is 3.80. The van der Waals surface area contributed by atoms with Crippen molar-refractivity contribution in [3.8, 4) is 0 Å². The summed E-state index contributed by atoms with van der Waals surface area (Å²) in [7, 11) is 0. The molecule has 0 unspecified atom stereocenters. The molecule has 0 N–H and O–H groups in total. The maximum atomic E-state index is 13.5. The van der Waals surface area contributed by atoms with Crippen LogP contribution in [-0.4, -0.2) is 65.1 Å². The Bertz CT molecular complexity index is 700. The number of aliphatic carboxylic acids is 1. The van der Waals surface area contributed by atoms with Gasteiger partial charge in [-0.3, -0.25) is 0 Å². The lowest BCUT2D eigenvalue weighted by molar-refractivity contribution is -0.461. The topological polar surface area (TPSA) is 40.1 Å². The average molecular weight is 551 g/mol. The standard InChI is InChI=1S/C13H9F17O2S/c14-6(15,2-4-33-3-1-5(31)32)7(16,17)8(18,19)9(20,21)10(22,23)11(24,25)12(26,27)13(28,29)30/h1-4H2,(H,31,32)/p-1. The zero-order valence-corrected chi connectivity index (χ0v) is 15.8. The molecule has 0 spiro atoms. The lowest BCUT2D eigenvalue weighted by atomic mass is 9.88. The zero-order chi connectivity index (χ0) is 27.1. The van der Waals surface area contributed by atoms with Gasteiger partial charge in [0.1, 0.15) is 0 Å². The van der Waals surface area contributed by atoms with Gasteiger partial charge >= 0.3 is 47.6 Å². The third-order valence-corrected chi connectivity index (χ3v) is 4.78. The Morgan fingerprint density at radius 2 is 0.879 bits per heavy atom. The van der Waals surface area contributed by atoms with Gasteiger partial charge in [0, 0.05) is 12.4 Å². The number of thioether (sulfide) groups is 1. The fourth-order valence-corrected chi connectivity index (χ4v) is 2.73. The maximum Gasteiger partial charge on any atom is 0.460 e. The molecule has 0 aromatic heterocycles. The number of rotatable bonds is 12. The van der Waals surface area contributed by atoms with E-state index in [9.17, 15) is 84.5 Å². The molecule has 20 heteroatoms. The number of carboxylic acids is 1. The molecular formula is C13H8F17O2S-. The van der Waals surface area contributed by atoms with Crippen molar-refractivity contribution >= 4 is 17.7 Å². The maximum absolute atomic E-state index is 13.5. The van der Waals surface area contributed by atoms with Crippen LogP contribution < -0.4 is 5.11 Å². The van der Waals surface area contributed by atoms with Crippen LogP contribution in [0.15, 0.2) is 0 Å². The Kier molecular flexibility index (Phi) is 8.64. The van der Waals surface area contributed by atoms with Crippen LogP contribution in [-0.2, 0) is 4.79 Å². The highest BCUT2D eigenvalue weighted by atomic mass is 32.2. The summed E-state index contributed by atoms with van der Waals surface area (Å²) in [6, 6.07) is 0. The van der Waals surface area contributed by atoms with Gasteiger partial charge in [-0.25, -0.2) is 0 Å². The van der Waals surface area contributed by atoms with Gasteiger partial charge in [0.15, 0.2) is 0 Å². The fraction of sp³-hybridized carbons (Fsp3) is 0.923. The summed E-state index contributed by atoms with van der Waals surface area (Å²) in [6.45, 7) is 0. The van der Waals surface area contributed by atoms with Crippen LogP contribution in [0.2, 0.25) is 0 Å². The highest BCUT2D eigenvalue weighted by Crippen LogP contribution is 2.64. The highest BCUT2D eigenvalue weighted by molar-refractivity contribution is 7.99. The first-order valence-electron chi connectivity index (χ1n) is 7.66. The minimum atomic E-state index is -8.65. The molecule has 198 valence electrons. The van der Waals surface area contributed by atoms with Crippen molar-refractivity contribution < 1.29 is 84.5 Å². The molecule has 0 amide bonds. The van der Waals surface area contributed by atoms with Gasteiger partial charge in [0.25, 0.3) is 0 Å². The molecule has 0 aliphatic rings. The van der Waals surface area contributed by atoms with Crippen molar-refractivity contribution in [1.82, 2.24) is 0 Å². The summed E-state index contributed by atoms with van der Waals surface area (Å²) >= 11 is -0.000304. The summed E-state index contributed by atoms with van der Waals surface area (Å²) in [5.74, 6) is -60.3. The van der Waals surface area contributed by atoms with E-state index < -0.39 is 78.0 Å². The molecule has 33 heavy (non-hydrogen) atoms. The molecule has 0 aromatic rings. The van der Waals surface area contributed by atoms with Crippen LogP contribution in [0.1, 0.15) is 12.8 Å². The van der Waals surface area contributed by atoms with E-state index in [0.717, 1.165) is 0 Å². The lowest BCUT2D eigenvalue weighted by Gasteiger charge is -2.42. The number of hydrogen-bond acceptors (Lipinski definition) is 3. The number of alkyl halides is 17. The summed E-state index contributed by atoms with van der Waals surface area (Å²) in [4.78, 5) is 10.0. The van der Waals surface area contributed by atoms with Crippen molar-refractivity contribution in [2.75, 3.05) is 11.5 Å². The second kappa shape index (κ2) is 9.01. The van der Waals surface area contributed by atoms with E-state index in [1.165, 1.54) is 0 Å². The molecule has 0 aliphatic heterocycles. The van der Waals surface area contributed by atoms with E-state index in [0.29, 0.717) is 0 Å². The Morgan fingerprint density at radius 3 is 1.21 bits per heavy atom. The van der Waals surface area contributed by atoms with Gasteiger partial charge in [-0.15, -0.1) is 0 Å². The van der Waals surface area contributed by atoms with Gasteiger partial charge in [0.05, 0.1) is 0 Å². The number of hydrogen-bond donors (Lipinski definition) is 0. The van der Waals surface area contributed by atoms with Gasteiger partial charge < -0.3 is 9.90 Å². The summed E-state index contributed by atoms with van der Waals surface area (Å²) in [5.41, 5.74) is 0. The largest absolute Gasteiger partial charge is 0.550 e. The van der Waals surface area contributed by atoms with Crippen molar-refractivity contribution in [2.24, 2.45) is 0 Å². The van der Waals surface area contributed by atoms with Crippen molar-refractivity contribution in [3.63, 3.8) is 0 Å². The monoisotopic (exact) mass is 551 g/mol. The van der Waals surface area contributed by atoms with E-state index in [1.54, 1.807) is 0 Å². The molecule has 0 saturated carbocycles. The molecule has 2 nitrogen and oxygen atoms in total. The first kappa shape index (κ1) is 31.6. The normalized spacial score (nSPS) is 15.7. The molecule has 0 bridgehead atoms. The van der Waals surface area contributed by atoms with E-state index in [1.807, 2.05) is 0 Å². The Labute approximate surface area is 175 Å². The highest BCUT2D eigenvalue weighted by Gasteiger charge is 2.95. The molecule has 0 aromatic carbocycles. The first-order valence-corrected chi connectivity index (χ1v) is 8.81. The lowest BCUT2D eigenvalue weighted by Crippen LogP contribution is -2.74. The van der Waals surface area contributed by atoms with Crippen LogP contribution in [0, 0.1) is 0 Å². The average Bonchev–Trinajstić information content (AvgIpc) is 2.58. The first-order chi connectivity index (χ1) is 14.2. The van der Waals surface area contributed by atoms with Gasteiger partial charge in [-0.1, -0.05) is 0 Å². The number of halogens is 17. The minimum Gasteiger partial charge on any atom is -0.550 e. The Balaban J connectivity index is 6.19. The molecule has 0 heterocycles. The minimum absolute atomic E-state index is 0.000304. The van der Waals surface area contributed by atoms with Crippen molar-refractivity contribution in [1.29, 1.82) is 0 Å². The molecule has 0 atom stereocenters.